The monoisotopic (exact) mass is 359 g/mol. The van der Waals surface area contributed by atoms with Crippen LogP contribution < -0.4 is 10.6 Å². The van der Waals surface area contributed by atoms with Gasteiger partial charge in [-0.2, -0.15) is 0 Å². The van der Waals surface area contributed by atoms with Crippen molar-refractivity contribution in [2.45, 2.75) is 43.4 Å². The van der Waals surface area contributed by atoms with Crippen molar-refractivity contribution < 1.29 is 9.18 Å². The number of amides is 1. The Labute approximate surface area is 150 Å². The van der Waals surface area contributed by atoms with Crippen molar-refractivity contribution in [2.24, 2.45) is 0 Å². The number of nitrogens with zero attached hydrogens (tertiary/aromatic N) is 1. The lowest BCUT2D eigenvalue weighted by molar-refractivity contribution is -0.124. The van der Waals surface area contributed by atoms with E-state index in [2.05, 4.69) is 15.6 Å². The molecule has 0 bridgehead atoms. The highest BCUT2D eigenvalue weighted by Crippen LogP contribution is 2.45. The van der Waals surface area contributed by atoms with Crippen molar-refractivity contribution in [1.82, 2.24) is 10.3 Å². The van der Waals surface area contributed by atoms with Crippen LogP contribution in [0, 0.1) is 5.82 Å². The standard InChI is InChI=1S/C19H22FN3OS/c20-15-4-1-3-14(11-15)19(7-2-8-19)17(24)23-18-22-12-16(25-18)13-5-9-21-10-6-13/h1,3-4,11-13,21H,2,5-10H2,(H,22,23,24). The van der Waals surface area contributed by atoms with Gasteiger partial charge >= 0.3 is 0 Å². The Morgan fingerprint density at radius 1 is 1.32 bits per heavy atom. The summed E-state index contributed by atoms with van der Waals surface area (Å²) in [5, 5.41) is 7.01. The molecule has 2 fully saturated rings. The number of nitrogens with one attached hydrogen (secondary N) is 2. The highest BCUT2D eigenvalue weighted by atomic mass is 32.1. The lowest BCUT2D eigenvalue weighted by atomic mass is 9.64. The topological polar surface area (TPSA) is 54.0 Å². The van der Waals surface area contributed by atoms with Gasteiger partial charge in [-0.15, -0.1) is 11.3 Å². The maximum atomic E-state index is 13.6. The van der Waals surface area contributed by atoms with E-state index in [9.17, 15) is 9.18 Å². The van der Waals surface area contributed by atoms with E-state index in [4.69, 9.17) is 0 Å². The minimum Gasteiger partial charge on any atom is -0.317 e. The van der Waals surface area contributed by atoms with Crippen molar-refractivity contribution in [3.8, 4) is 0 Å². The van der Waals surface area contributed by atoms with Gasteiger partial charge in [0.1, 0.15) is 5.82 Å². The first-order chi connectivity index (χ1) is 12.2. The Hall–Kier alpha value is -1.79. The van der Waals surface area contributed by atoms with Crippen LogP contribution in [0.3, 0.4) is 0 Å². The Bertz CT molecular complexity index is 766. The molecule has 1 amide bonds. The summed E-state index contributed by atoms with van der Waals surface area (Å²) < 4.78 is 13.6. The Morgan fingerprint density at radius 2 is 2.12 bits per heavy atom. The molecule has 132 valence electrons. The van der Waals surface area contributed by atoms with Gasteiger partial charge in [-0.05, 0) is 62.4 Å². The maximum Gasteiger partial charge on any atom is 0.236 e. The van der Waals surface area contributed by atoms with Crippen LogP contribution in [0.2, 0.25) is 0 Å². The molecule has 1 aromatic carbocycles. The lowest BCUT2D eigenvalue weighted by Gasteiger charge is -2.40. The molecule has 1 aliphatic carbocycles. The number of halogens is 1. The number of carbonyl (C=O) groups is 1. The summed E-state index contributed by atoms with van der Waals surface area (Å²) in [4.78, 5) is 18.6. The summed E-state index contributed by atoms with van der Waals surface area (Å²) >= 11 is 1.57. The molecule has 2 N–H and O–H groups in total. The van der Waals surface area contributed by atoms with Crippen LogP contribution in [0.1, 0.15) is 48.5 Å². The van der Waals surface area contributed by atoms with Crippen molar-refractivity contribution >= 4 is 22.4 Å². The molecule has 1 saturated heterocycles. The molecule has 1 aromatic heterocycles. The molecule has 4 rings (SSSR count). The summed E-state index contributed by atoms with van der Waals surface area (Å²) in [7, 11) is 0. The quantitative estimate of drug-likeness (QED) is 0.873. The van der Waals surface area contributed by atoms with E-state index < -0.39 is 5.41 Å². The third-order valence-electron chi connectivity index (χ3n) is 5.50. The summed E-state index contributed by atoms with van der Waals surface area (Å²) in [5.74, 6) is 0.180. The second-order valence-electron chi connectivity index (χ2n) is 6.99. The molecular formula is C19H22FN3OS. The molecule has 0 atom stereocenters. The van der Waals surface area contributed by atoms with Crippen molar-refractivity contribution in [3.63, 3.8) is 0 Å². The van der Waals surface area contributed by atoms with Crippen LogP contribution in [-0.2, 0) is 10.2 Å². The molecular weight excluding hydrogens is 337 g/mol. The molecule has 2 aromatic rings. The largest absolute Gasteiger partial charge is 0.317 e. The number of carbonyl (C=O) groups excluding carboxylic acids is 1. The van der Waals surface area contributed by atoms with Crippen molar-refractivity contribution in [2.75, 3.05) is 18.4 Å². The average molecular weight is 359 g/mol. The normalized spacial score (nSPS) is 20.0. The molecule has 25 heavy (non-hydrogen) atoms. The zero-order valence-electron chi connectivity index (χ0n) is 14.1. The summed E-state index contributed by atoms with van der Waals surface area (Å²) in [6, 6.07) is 6.43. The Balaban J connectivity index is 1.50. The zero-order chi connectivity index (χ0) is 17.3. The molecule has 4 nitrogen and oxygen atoms in total. The van der Waals surface area contributed by atoms with Gasteiger partial charge in [-0.1, -0.05) is 18.6 Å². The van der Waals surface area contributed by atoms with Crippen LogP contribution in [0.4, 0.5) is 9.52 Å². The summed E-state index contributed by atoms with van der Waals surface area (Å²) in [6.07, 6.45) is 6.63. The minimum absolute atomic E-state index is 0.0597. The molecule has 2 heterocycles. The fourth-order valence-electron chi connectivity index (χ4n) is 3.82. The zero-order valence-corrected chi connectivity index (χ0v) is 14.9. The van der Waals surface area contributed by atoms with Crippen LogP contribution in [0.25, 0.3) is 0 Å². The molecule has 0 spiro atoms. The van der Waals surface area contributed by atoms with Gasteiger partial charge in [0, 0.05) is 11.1 Å². The number of hydrogen-bond donors (Lipinski definition) is 2. The SMILES string of the molecule is O=C(Nc1ncc(C2CCNCC2)s1)C1(c2cccc(F)c2)CCC1. The minimum atomic E-state index is -0.608. The van der Waals surface area contributed by atoms with Gasteiger partial charge in [-0.25, -0.2) is 9.37 Å². The highest BCUT2D eigenvalue weighted by molar-refractivity contribution is 7.15. The third-order valence-corrected chi connectivity index (χ3v) is 6.58. The molecule has 1 aliphatic heterocycles. The van der Waals surface area contributed by atoms with E-state index in [0.29, 0.717) is 11.0 Å². The lowest BCUT2D eigenvalue weighted by Crippen LogP contribution is -2.46. The number of hydrogen-bond acceptors (Lipinski definition) is 4. The van der Waals surface area contributed by atoms with Gasteiger partial charge in [0.05, 0.1) is 5.41 Å². The van der Waals surface area contributed by atoms with E-state index in [1.165, 1.54) is 17.0 Å². The number of rotatable bonds is 4. The molecule has 6 heteroatoms. The van der Waals surface area contributed by atoms with Gasteiger partial charge in [-0.3, -0.25) is 4.79 Å². The van der Waals surface area contributed by atoms with Crippen LogP contribution in [0.5, 0.6) is 0 Å². The maximum absolute atomic E-state index is 13.6. The van der Waals surface area contributed by atoms with E-state index >= 15 is 0 Å². The van der Waals surface area contributed by atoms with Crippen LogP contribution in [-0.4, -0.2) is 24.0 Å². The average Bonchev–Trinajstić information content (AvgIpc) is 3.03. The number of thiazole rings is 1. The van der Waals surface area contributed by atoms with Crippen LogP contribution in [0.15, 0.2) is 30.5 Å². The van der Waals surface area contributed by atoms with Gasteiger partial charge < -0.3 is 10.6 Å². The van der Waals surface area contributed by atoms with E-state index in [-0.39, 0.29) is 11.7 Å². The molecule has 0 radical (unpaired) electrons. The third kappa shape index (κ3) is 3.20. The predicted octanol–water partition coefficient (Wildman–Crippen LogP) is 3.81. The van der Waals surface area contributed by atoms with Crippen LogP contribution >= 0.6 is 11.3 Å². The second kappa shape index (κ2) is 6.84. The number of benzene rings is 1. The first-order valence-electron chi connectivity index (χ1n) is 8.91. The predicted molar refractivity (Wildman–Crippen MR) is 97.5 cm³/mol. The number of piperidine rings is 1. The molecule has 2 aliphatic rings. The van der Waals surface area contributed by atoms with E-state index in [1.54, 1.807) is 17.4 Å². The Morgan fingerprint density at radius 3 is 2.80 bits per heavy atom. The highest BCUT2D eigenvalue weighted by Gasteiger charge is 2.46. The first-order valence-corrected chi connectivity index (χ1v) is 9.73. The fraction of sp³-hybridized carbons (Fsp3) is 0.474. The van der Waals surface area contributed by atoms with Crippen molar-refractivity contribution in [1.29, 1.82) is 0 Å². The van der Waals surface area contributed by atoms with Gasteiger partial charge in [0.15, 0.2) is 5.13 Å². The molecule has 1 saturated carbocycles. The van der Waals surface area contributed by atoms with Gasteiger partial charge in [0.25, 0.3) is 0 Å². The van der Waals surface area contributed by atoms with Gasteiger partial charge in [0.2, 0.25) is 5.91 Å². The first kappa shape index (κ1) is 16.7. The molecule has 0 unspecified atom stereocenters. The summed E-state index contributed by atoms with van der Waals surface area (Å²) in [5.41, 5.74) is 0.161. The number of aromatic nitrogens is 1. The smallest absolute Gasteiger partial charge is 0.236 e. The number of anilines is 1. The van der Waals surface area contributed by atoms with Crippen molar-refractivity contribution in [3.05, 3.63) is 46.7 Å². The van der Waals surface area contributed by atoms with E-state index in [0.717, 1.165) is 50.8 Å². The fourth-order valence-corrected chi connectivity index (χ4v) is 4.80. The Kier molecular flexibility index (Phi) is 4.56. The second-order valence-corrected chi connectivity index (χ2v) is 8.05. The van der Waals surface area contributed by atoms with E-state index in [1.807, 2.05) is 12.3 Å². The summed E-state index contributed by atoms with van der Waals surface area (Å²) in [6.45, 7) is 2.07.